The first kappa shape index (κ1) is 27.8. The Labute approximate surface area is 244 Å². The zero-order valence-corrected chi connectivity index (χ0v) is 23.5. The first-order valence-corrected chi connectivity index (χ1v) is 14.4. The van der Waals surface area contributed by atoms with Crippen molar-refractivity contribution in [1.82, 2.24) is 10.3 Å². The van der Waals surface area contributed by atoms with E-state index in [1.165, 1.54) is 0 Å². The number of methoxy groups -OCH3 is 1. The molecular formula is C33H33N3O6. The van der Waals surface area contributed by atoms with Crippen LogP contribution in [0.3, 0.4) is 0 Å². The first-order chi connectivity index (χ1) is 20.5. The molecule has 3 heterocycles. The van der Waals surface area contributed by atoms with Gasteiger partial charge >= 0.3 is 0 Å². The van der Waals surface area contributed by atoms with E-state index in [1.54, 1.807) is 31.5 Å². The fraction of sp³-hybridized carbons (Fsp3) is 0.364. The van der Waals surface area contributed by atoms with Gasteiger partial charge in [0.25, 0.3) is 5.91 Å². The minimum atomic E-state index is -0.373. The van der Waals surface area contributed by atoms with E-state index in [2.05, 4.69) is 16.4 Å². The molecular weight excluding hydrogens is 534 g/mol. The maximum absolute atomic E-state index is 12.9. The van der Waals surface area contributed by atoms with Crippen LogP contribution in [-0.2, 0) is 4.74 Å². The van der Waals surface area contributed by atoms with Crippen molar-refractivity contribution in [3.05, 3.63) is 65.9 Å². The van der Waals surface area contributed by atoms with Crippen LogP contribution in [0.2, 0.25) is 0 Å². The molecule has 1 aliphatic carbocycles. The van der Waals surface area contributed by atoms with Gasteiger partial charge in [0, 0.05) is 42.3 Å². The Bertz CT molecular complexity index is 1630. The Morgan fingerprint density at radius 2 is 1.90 bits per heavy atom. The number of benzene rings is 2. The van der Waals surface area contributed by atoms with Crippen LogP contribution in [0.5, 0.6) is 11.5 Å². The summed E-state index contributed by atoms with van der Waals surface area (Å²) in [7, 11) is 1.55. The van der Waals surface area contributed by atoms with Crippen LogP contribution in [0.15, 0.2) is 59.1 Å². The summed E-state index contributed by atoms with van der Waals surface area (Å²) < 4.78 is 23.5. The van der Waals surface area contributed by atoms with Crippen LogP contribution >= 0.6 is 0 Å². The standard InChI is InChI=1S/C33H33N3O6/c1-39-30-16-21(33(38)36-23-3-2-4-24(37)17-23)5-7-27(30)31-18-28-32(42-31)26(9-12-35-28)20-6-8-29(22(15-20)19-34)41-25-10-13-40-14-11-25/h5-9,12,15-16,18,23-25,37H,2-4,10-11,13-14,17H2,1H3,(H,36,38)/t23-,24-/m1/s1. The van der Waals surface area contributed by atoms with Gasteiger partial charge in [-0.2, -0.15) is 5.26 Å². The molecule has 2 N–H and O–H groups in total. The van der Waals surface area contributed by atoms with Crippen molar-refractivity contribution in [1.29, 1.82) is 5.26 Å². The third kappa shape index (κ3) is 5.82. The maximum atomic E-state index is 12.9. The summed E-state index contributed by atoms with van der Waals surface area (Å²) in [6.45, 7) is 1.32. The molecule has 0 radical (unpaired) electrons. The normalized spacial score (nSPS) is 19.3. The molecule has 2 aromatic carbocycles. The number of carbonyl (C=O) groups excluding carboxylic acids is 1. The highest BCUT2D eigenvalue weighted by Gasteiger charge is 2.24. The minimum absolute atomic E-state index is 0.0320. The monoisotopic (exact) mass is 567 g/mol. The predicted octanol–water partition coefficient (Wildman–Crippen LogP) is 5.63. The van der Waals surface area contributed by atoms with E-state index in [9.17, 15) is 15.2 Å². The lowest BCUT2D eigenvalue weighted by atomic mass is 9.93. The van der Waals surface area contributed by atoms with Gasteiger partial charge in [0.1, 0.15) is 34.9 Å². The number of aliphatic hydroxyl groups excluding tert-OH is 1. The quantitative estimate of drug-likeness (QED) is 0.294. The van der Waals surface area contributed by atoms with Crippen LogP contribution < -0.4 is 14.8 Å². The number of carbonyl (C=O) groups is 1. The number of aliphatic hydroxyl groups is 1. The zero-order chi connectivity index (χ0) is 29.1. The molecule has 9 nitrogen and oxygen atoms in total. The van der Waals surface area contributed by atoms with Crippen molar-refractivity contribution in [2.24, 2.45) is 0 Å². The Hall–Kier alpha value is -4.39. The average Bonchev–Trinajstić information content (AvgIpc) is 3.46. The van der Waals surface area contributed by atoms with Crippen molar-refractivity contribution in [2.75, 3.05) is 20.3 Å². The van der Waals surface area contributed by atoms with Crippen LogP contribution in [0.25, 0.3) is 33.6 Å². The molecule has 2 atom stereocenters. The average molecular weight is 568 g/mol. The molecule has 4 aromatic rings. The number of amides is 1. The molecule has 2 aromatic heterocycles. The largest absolute Gasteiger partial charge is 0.496 e. The number of nitrogens with one attached hydrogen (secondary N) is 1. The second-order valence-electron chi connectivity index (χ2n) is 10.8. The van der Waals surface area contributed by atoms with E-state index in [0.29, 0.717) is 64.7 Å². The number of furan rings is 1. The Morgan fingerprint density at radius 1 is 1.05 bits per heavy atom. The lowest BCUT2D eigenvalue weighted by Gasteiger charge is -2.26. The molecule has 42 heavy (non-hydrogen) atoms. The predicted molar refractivity (Wildman–Crippen MR) is 156 cm³/mol. The second-order valence-corrected chi connectivity index (χ2v) is 10.8. The zero-order valence-electron chi connectivity index (χ0n) is 23.5. The van der Waals surface area contributed by atoms with Gasteiger partial charge in [-0.05, 0) is 67.6 Å². The topological polar surface area (TPSA) is 127 Å². The fourth-order valence-electron chi connectivity index (χ4n) is 5.76. The van der Waals surface area contributed by atoms with Gasteiger partial charge < -0.3 is 29.1 Å². The van der Waals surface area contributed by atoms with E-state index >= 15 is 0 Å². The van der Waals surface area contributed by atoms with Crippen LogP contribution in [-0.4, -0.2) is 54.6 Å². The molecule has 0 unspecified atom stereocenters. The highest BCUT2D eigenvalue weighted by Crippen LogP contribution is 2.38. The molecule has 6 rings (SSSR count). The summed E-state index contributed by atoms with van der Waals surface area (Å²) in [5.41, 5.74) is 4.45. The Morgan fingerprint density at radius 3 is 2.69 bits per heavy atom. The van der Waals surface area contributed by atoms with E-state index in [0.717, 1.165) is 43.2 Å². The Balaban J connectivity index is 1.27. The second kappa shape index (κ2) is 12.2. The SMILES string of the molecule is COc1cc(C(=O)N[C@@H]2CCC[C@@H](O)C2)ccc1-c1cc2nccc(-c3ccc(OC4CCOCC4)c(C#N)c3)c2o1. The fourth-order valence-corrected chi connectivity index (χ4v) is 5.76. The molecule has 1 amide bonds. The van der Waals surface area contributed by atoms with Crippen LogP contribution in [0.1, 0.15) is 54.4 Å². The highest BCUT2D eigenvalue weighted by molar-refractivity contribution is 5.97. The number of nitriles is 1. The molecule has 2 fully saturated rings. The smallest absolute Gasteiger partial charge is 0.251 e. The van der Waals surface area contributed by atoms with Crippen molar-refractivity contribution < 1.29 is 28.5 Å². The number of nitrogens with zero attached hydrogens (tertiary/aromatic N) is 2. The summed E-state index contributed by atoms with van der Waals surface area (Å²) in [6.07, 6.45) is 6.06. The summed E-state index contributed by atoms with van der Waals surface area (Å²) in [4.78, 5) is 17.4. The first-order valence-electron chi connectivity index (χ1n) is 14.4. The summed E-state index contributed by atoms with van der Waals surface area (Å²) in [5.74, 6) is 1.40. The van der Waals surface area contributed by atoms with Gasteiger partial charge in [-0.3, -0.25) is 9.78 Å². The lowest BCUT2D eigenvalue weighted by Crippen LogP contribution is -2.39. The van der Waals surface area contributed by atoms with Gasteiger partial charge in [-0.1, -0.05) is 6.07 Å². The van der Waals surface area contributed by atoms with E-state index in [1.807, 2.05) is 30.3 Å². The van der Waals surface area contributed by atoms with Gasteiger partial charge in [-0.15, -0.1) is 0 Å². The molecule has 2 aliphatic rings. The third-order valence-corrected chi connectivity index (χ3v) is 8.00. The van der Waals surface area contributed by atoms with Gasteiger partial charge in [-0.25, -0.2) is 0 Å². The van der Waals surface area contributed by atoms with E-state index in [-0.39, 0.29) is 24.2 Å². The van der Waals surface area contributed by atoms with Crippen LogP contribution in [0, 0.1) is 11.3 Å². The van der Waals surface area contributed by atoms with E-state index in [4.69, 9.17) is 18.6 Å². The van der Waals surface area contributed by atoms with Gasteiger partial charge in [0.2, 0.25) is 0 Å². The number of fused-ring (bicyclic) bond motifs is 1. The van der Waals surface area contributed by atoms with Crippen molar-refractivity contribution >= 4 is 17.0 Å². The number of aromatic nitrogens is 1. The summed E-state index contributed by atoms with van der Waals surface area (Å²) >= 11 is 0. The number of hydrogen-bond acceptors (Lipinski definition) is 8. The van der Waals surface area contributed by atoms with Crippen molar-refractivity contribution in [3.8, 4) is 40.0 Å². The van der Waals surface area contributed by atoms with Crippen molar-refractivity contribution in [2.45, 2.75) is 56.8 Å². The molecule has 216 valence electrons. The minimum Gasteiger partial charge on any atom is -0.496 e. The number of pyridine rings is 1. The number of hydrogen-bond donors (Lipinski definition) is 2. The lowest BCUT2D eigenvalue weighted by molar-refractivity contribution is 0.0254. The molecule has 1 saturated carbocycles. The molecule has 0 spiro atoms. The number of ether oxygens (including phenoxy) is 3. The molecule has 0 bridgehead atoms. The van der Waals surface area contributed by atoms with Crippen LogP contribution in [0.4, 0.5) is 0 Å². The molecule has 1 saturated heterocycles. The summed E-state index contributed by atoms with van der Waals surface area (Å²) in [6, 6.07) is 16.7. The highest BCUT2D eigenvalue weighted by atomic mass is 16.5. The maximum Gasteiger partial charge on any atom is 0.251 e. The van der Waals surface area contributed by atoms with E-state index < -0.39 is 0 Å². The summed E-state index contributed by atoms with van der Waals surface area (Å²) in [5, 5.41) is 22.8. The Kier molecular flexibility index (Phi) is 8.08. The molecule has 9 heteroatoms. The molecule has 1 aliphatic heterocycles. The third-order valence-electron chi connectivity index (χ3n) is 8.00. The van der Waals surface area contributed by atoms with Gasteiger partial charge in [0.05, 0.1) is 37.6 Å². The number of rotatable bonds is 7. The van der Waals surface area contributed by atoms with Gasteiger partial charge in [0.15, 0.2) is 5.58 Å². The van der Waals surface area contributed by atoms with Crippen molar-refractivity contribution in [3.63, 3.8) is 0 Å².